The van der Waals surface area contributed by atoms with E-state index >= 15 is 0 Å². The van der Waals surface area contributed by atoms with Crippen molar-refractivity contribution in [1.82, 2.24) is 5.32 Å². The molecular weight excluding hydrogens is 494 g/mol. The van der Waals surface area contributed by atoms with Crippen molar-refractivity contribution in [3.05, 3.63) is 71.8 Å². The number of rotatable bonds is 3. The number of amides is 1. The molecule has 0 radical (unpaired) electrons. The van der Waals surface area contributed by atoms with Crippen LogP contribution in [0.3, 0.4) is 0 Å². The second kappa shape index (κ2) is 10.0. The van der Waals surface area contributed by atoms with Crippen LogP contribution in [0.5, 0.6) is 0 Å². The molecule has 7 heteroatoms. The zero-order valence-electron chi connectivity index (χ0n) is 23.2. The topological polar surface area (TPSA) is 102 Å². The van der Waals surface area contributed by atoms with E-state index in [-0.39, 0.29) is 35.8 Å². The van der Waals surface area contributed by atoms with Gasteiger partial charge in [0.2, 0.25) is 11.7 Å². The fourth-order valence-corrected chi connectivity index (χ4v) is 7.30. The zero-order valence-corrected chi connectivity index (χ0v) is 23.2. The number of nitrogens with one attached hydrogen (secondary N) is 1. The van der Waals surface area contributed by atoms with Crippen molar-refractivity contribution in [2.45, 2.75) is 71.3 Å². The highest BCUT2D eigenvalue weighted by Crippen LogP contribution is 2.66. The molecule has 3 fully saturated rings. The zero-order chi connectivity index (χ0) is 28.1. The summed E-state index contributed by atoms with van der Waals surface area (Å²) in [7, 11) is 0. The first-order valence-corrected chi connectivity index (χ1v) is 13.8. The van der Waals surface area contributed by atoms with Crippen LogP contribution in [0.2, 0.25) is 0 Å². The third-order valence-electron chi connectivity index (χ3n) is 9.29. The van der Waals surface area contributed by atoms with Crippen molar-refractivity contribution < 1.29 is 28.7 Å². The van der Waals surface area contributed by atoms with Gasteiger partial charge in [0.1, 0.15) is 5.41 Å². The fraction of sp³-hybridized carbons (Fsp3) is 0.500. The highest BCUT2D eigenvalue weighted by Gasteiger charge is 2.78. The summed E-state index contributed by atoms with van der Waals surface area (Å²) < 4.78 is 11.7. The van der Waals surface area contributed by atoms with E-state index in [1.54, 1.807) is 6.92 Å². The molecule has 9 atom stereocenters. The molecule has 1 saturated carbocycles. The molecule has 1 spiro atoms. The lowest BCUT2D eigenvalue weighted by Crippen LogP contribution is -2.58. The number of ketones is 2. The van der Waals surface area contributed by atoms with E-state index in [4.69, 9.17) is 9.47 Å². The Morgan fingerprint density at radius 3 is 2.54 bits per heavy atom. The van der Waals surface area contributed by atoms with E-state index in [1.807, 2.05) is 55.5 Å². The smallest absolute Gasteiger partial charge is 0.303 e. The monoisotopic (exact) mass is 531 g/mol. The van der Waals surface area contributed by atoms with Gasteiger partial charge in [-0.3, -0.25) is 19.2 Å². The first-order valence-electron chi connectivity index (χ1n) is 13.8. The third kappa shape index (κ3) is 4.50. The number of ether oxygens (including phenoxy) is 2. The summed E-state index contributed by atoms with van der Waals surface area (Å²) >= 11 is 0. The van der Waals surface area contributed by atoms with Crippen LogP contribution in [0.1, 0.15) is 46.6 Å². The number of hydrogen-bond acceptors (Lipinski definition) is 6. The van der Waals surface area contributed by atoms with Crippen LogP contribution in [-0.2, 0) is 35.1 Å². The average molecular weight is 532 g/mol. The van der Waals surface area contributed by atoms with E-state index in [0.29, 0.717) is 18.4 Å². The van der Waals surface area contributed by atoms with Crippen molar-refractivity contribution in [2.75, 3.05) is 0 Å². The minimum Gasteiger partial charge on any atom is -0.450 e. The Balaban J connectivity index is 1.61. The van der Waals surface area contributed by atoms with Gasteiger partial charge >= 0.3 is 5.97 Å². The minimum absolute atomic E-state index is 0.0385. The summed E-state index contributed by atoms with van der Waals surface area (Å²) in [4.78, 5) is 53.4. The molecular formula is C32H37NO6. The van der Waals surface area contributed by atoms with Crippen LogP contribution in [0, 0.1) is 29.1 Å². The maximum Gasteiger partial charge on any atom is 0.303 e. The van der Waals surface area contributed by atoms with Gasteiger partial charge in [-0.15, -0.1) is 0 Å². The minimum atomic E-state index is -1.41. The van der Waals surface area contributed by atoms with Crippen molar-refractivity contribution in [2.24, 2.45) is 29.1 Å². The number of carbonyl (C=O) groups excluding carboxylic acids is 4. The van der Waals surface area contributed by atoms with Crippen LogP contribution in [0.15, 0.2) is 66.3 Å². The van der Waals surface area contributed by atoms with Crippen LogP contribution in [0.25, 0.3) is 0 Å². The van der Waals surface area contributed by atoms with Gasteiger partial charge in [-0.1, -0.05) is 62.4 Å². The lowest BCUT2D eigenvalue weighted by molar-refractivity contribution is -0.149. The number of benzene rings is 1. The molecule has 1 aromatic rings. The molecule has 206 valence electrons. The number of fused-ring (bicyclic) bond motifs is 2. The maximum absolute atomic E-state index is 14.3. The van der Waals surface area contributed by atoms with E-state index in [9.17, 15) is 19.2 Å². The average Bonchev–Trinajstić information content (AvgIpc) is 3.50. The van der Waals surface area contributed by atoms with Crippen LogP contribution in [0.4, 0.5) is 0 Å². The van der Waals surface area contributed by atoms with E-state index in [2.05, 4.69) is 19.2 Å². The molecule has 5 rings (SSSR count). The molecule has 1 unspecified atom stereocenters. The lowest BCUT2D eigenvalue weighted by Gasteiger charge is -2.45. The van der Waals surface area contributed by atoms with Crippen molar-refractivity contribution in [1.29, 1.82) is 0 Å². The molecule has 4 aliphatic rings. The highest BCUT2D eigenvalue weighted by atomic mass is 16.6. The van der Waals surface area contributed by atoms with Gasteiger partial charge in [-0.2, -0.15) is 0 Å². The molecule has 2 saturated heterocycles. The number of allylic oxidation sites excluding steroid dienone is 3. The van der Waals surface area contributed by atoms with Gasteiger partial charge in [0.05, 0.1) is 11.7 Å². The number of esters is 1. The van der Waals surface area contributed by atoms with Gasteiger partial charge in [0, 0.05) is 24.8 Å². The summed E-state index contributed by atoms with van der Waals surface area (Å²) in [6, 6.07) is 9.66. The van der Waals surface area contributed by atoms with Gasteiger partial charge in [-0.05, 0) is 61.8 Å². The molecule has 2 heterocycles. The van der Waals surface area contributed by atoms with Crippen molar-refractivity contribution in [3.8, 4) is 0 Å². The van der Waals surface area contributed by atoms with E-state index in [1.165, 1.54) is 19.1 Å². The Bertz CT molecular complexity index is 1280. The normalized spacial score (nSPS) is 42.6. The molecule has 0 bridgehead atoms. The molecule has 2 aliphatic heterocycles. The largest absolute Gasteiger partial charge is 0.450 e. The first-order chi connectivity index (χ1) is 18.5. The summed E-state index contributed by atoms with van der Waals surface area (Å²) in [5, 5.41) is 3.19. The predicted molar refractivity (Wildman–Crippen MR) is 145 cm³/mol. The fourth-order valence-electron chi connectivity index (χ4n) is 7.30. The second-order valence-electron chi connectivity index (χ2n) is 11.8. The number of hydrogen-bond donors (Lipinski definition) is 1. The summed E-state index contributed by atoms with van der Waals surface area (Å²) in [5.41, 5.74) is -0.177. The van der Waals surface area contributed by atoms with E-state index in [0.717, 1.165) is 5.56 Å². The Hall–Kier alpha value is -3.32. The number of carbonyl (C=O) groups is 4. The molecule has 1 aromatic carbocycles. The standard InChI is InChI=1S/C32H37NO6/c1-18-10-9-13-23-29-31(5,39-29)20(3)27-24(17-22-11-7-6-8-12-22)33-30(37)32(23,27)26(36)15-14-25(35)28(19(2)16-18)38-21(4)34/h6-9,11-16,18,20,23-24,27-29H,10,17H2,1-5H3,(H,33,37)/b13-9+,15-14-,19-16-/t18-,20-,23-,24-,27?,28+,29-,31+,32+/m0/s1. The second-order valence-corrected chi connectivity index (χ2v) is 11.8. The van der Waals surface area contributed by atoms with Crippen LogP contribution >= 0.6 is 0 Å². The molecule has 0 aromatic heterocycles. The quantitative estimate of drug-likeness (QED) is 0.275. The summed E-state index contributed by atoms with van der Waals surface area (Å²) in [5.74, 6) is -2.68. The van der Waals surface area contributed by atoms with Crippen molar-refractivity contribution in [3.63, 3.8) is 0 Å². The maximum atomic E-state index is 14.3. The van der Waals surface area contributed by atoms with Crippen LogP contribution < -0.4 is 5.32 Å². The molecule has 1 N–H and O–H groups in total. The van der Waals surface area contributed by atoms with Crippen molar-refractivity contribution >= 4 is 23.4 Å². The molecule has 2 aliphatic carbocycles. The lowest BCUT2D eigenvalue weighted by atomic mass is 9.51. The highest BCUT2D eigenvalue weighted by molar-refractivity contribution is 6.15. The Morgan fingerprint density at radius 1 is 1.13 bits per heavy atom. The van der Waals surface area contributed by atoms with Gasteiger partial charge < -0.3 is 14.8 Å². The van der Waals surface area contributed by atoms with Gasteiger partial charge in [0.15, 0.2) is 11.9 Å². The van der Waals surface area contributed by atoms with Gasteiger partial charge in [0.25, 0.3) is 0 Å². The van der Waals surface area contributed by atoms with Crippen LogP contribution in [-0.4, -0.2) is 47.3 Å². The molecule has 39 heavy (non-hydrogen) atoms. The van der Waals surface area contributed by atoms with Gasteiger partial charge in [-0.25, -0.2) is 0 Å². The SMILES string of the molecule is CC(=O)O[C@H]1C(=O)/C=C\C(=O)[C@@]23C(=O)N[C@@H](Cc4ccccc4)C2[C@H](C)[C@@]2(C)O[C@H]2[C@@H]3/C=C/C[C@H](C)/C=C\1C. The summed E-state index contributed by atoms with van der Waals surface area (Å²) in [6.07, 6.45) is 8.15. The Kier molecular flexibility index (Phi) is 7.00. The van der Waals surface area contributed by atoms with E-state index < -0.39 is 40.6 Å². The molecule has 1 amide bonds. The Morgan fingerprint density at radius 2 is 1.85 bits per heavy atom. The Labute approximate surface area is 229 Å². The predicted octanol–water partition coefficient (Wildman–Crippen LogP) is 3.92. The third-order valence-corrected chi connectivity index (χ3v) is 9.29. The molecule has 7 nitrogen and oxygen atoms in total. The number of epoxide rings is 1. The first kappa shape index (κ1) is 27.3. The summed E-state index contributed by atoms with van der Waals surface area (Å²) in [6.45, 7) is 9.16.